The van der Waals surface area contributed by atoms with Gasteiger partial charge in [-0.25, -0.2) is 4.98 Å². The Balaban J connectivity index is 2.26. The summed E-state index contributed by atoms with van der Waals surface area (Å²) in [6.45, 7) is 9.62. The van der Waals surface area contributed by atoms with Gasteiger partial charge in [0, 0.05) is 0 Å². The number of carbonyl (C=O) groups excluding carboxylic acids is 1. The zero-order valence-corrected chi connectivity index (χ0v) is 14.1. The van der Waals surface area contributed by atoms with Crippen molar-refractivity contribution in [2.45, 2.75) is 40.4 Å². The second kappa shape index (κ2) is 5.37. The summed E-state index contributed by atoms with van der Waals surface area (Å²) in [5, 5.41) is 10.2. The van der Waals surface area contributed by atoms with Crippen LogP contribution in [0, 0.1) is 20.8 Å². The summed E-state index contributed by atoms with van der Waals surface area (Å²) in [6.07, 6.45) is 0. The quantitative estimate of drug-likeness (QED) is 0.862. The third-order valence-corrected chi connectivity index (χ3v) is 4.44. The van der Waals surface area contributed by atoms with E-state index in [0.29, 0.717) is 17.2 Å². The summed E-state index contributed by atoms with van der Waals surface area (Å²) in [7, 11) is 0.949. The average molecular weight is 309 g/mol. The molecule has 0 aliphatic carbocycles. The molecule has 2 aromatic rings. The van der Waals surface area contributed by atoms with Gasteiger partial charge in [0.25, 0.3) is 0 Å². The van der Waals surface area contributed by atoms with Gasteiger partial charge >= 0.3 is 0 Å². The molecule has 0 bridgehead atoms. The van der Waals surface area contributed by atoms with E-state index in [1.165, 1.54) is 5.46 Å². The summed E-state index contributed by atoms with van der Waals surface area (Å²) in [6, 6.07) is 4.21. The first-order valence-electron chi connectivity index (χ1n) is 7.86. The van der Waals surface area contributed by atoms with Crippen LogP contribution in [0.25, 0.3) is 0 Å². The van der Waals surface area contributed by atoms with E-state index in [4.69, 9.17) is 0 Å². The fourth-order valence-corrected chi connectivity index (χ4v) is 3.35. The van der Waals surface area contributed by atoms with Crippen LogP contribution in [0.15, 0.2) is 12.1 Å². The lowest BCUT2D eigenvalue weighted by Crippen LogP contribution is -2.26. The highest BCUT2D eigenvalue weighted by Gasteiger charge is 2.40. The standard InChI is InChI=1S/C17H20BN3O2/c1-8-6-12(18-5)7-9(2)14(8)21-15-13(10(3)17(21)23)16(22)20-11(4)19-15/h6-7,10,18H,1-5H3,(H,19,20,22). The van der Waals surface area contributed by atoms with Crippen LogP contribution < -0.4 is 10.4 Å². The molecule has 1 atom stereocenters. The number of rotatable bonds is 2. The van der Waals surface area contributed by atoms with Crippen LogP contribution >= 0.6 is 0 Å². The van der Waals surface area contributed by atoms with Gasteiger partial charge in [-0.15, -0.1) is 0 Å². The maximum atomic E-state index is 12.8. The summed E-state index contributed by atoms with van der Waals surface area (Å²) < 4.78 is 0. The van der Waals surface area contributed by atoms with Crippen LogP contribution in [0.5, 0.6) is 5.88 Å². The minimum Gasteiger partial charge on any atom is -0.493 e. The monoisotopic (exact) mass is 309 g/mol. The minimum absolute atomic E-state index is 0.0781. The van der Waals surface area contributed by atoms with Crippen LogP contribution in [0.4, 0.5) is 11.5 Å². The number of carbonyl (C=O) groups is 1. The zero-order chi connectivity index (χ0) is 16.9. The minimum atomic E-state index is -0.449. The number of benzene rings is 1. The molecule has 0 radical (unpaired) electrons. The van der Waals surface area contributed by atoms with Crippen LogP contribution in [0.1, 0.15) is 35.4 Å². The van der Waals surface area contributed by atoms with E-state index in [1.807, 2.05) is 13.8 Å². The number of amides is 1. The Labute approximate surface area is 136 Å². The average Bonchev–Trinajstić information content (AvgIpc) is 2.71. The smallest absolute Gasteiger partial charge is 0.240 e. The first-order chi connectivity index (χ1) is 10.8. The highest BCUT2D eigenvalue weighted by Crippen LogP contribution is 2.45. The lowest BCUT2D eigenvalue weighted by atomic mass is 9.72. The molecule has 0 saturated carbocycles. The van der Waals surface area contributed by atoms with Crippen LogP contribution in [0.3, 0.4) is 0 Å². The van der Waals surface area contributed by atoms with Gasteiger partial charge < -0.3 is 5.11 Å². The summed E-state index contributed by atoms with van der Waals surface area (Å²) in [5.74, 6) is 0.328. The zero-order valence-electron chi connectivity index (χ0n) is 14.1. The second-order valence-electron chi connectivity index (χ2n) is 6.16. The van der Waals surface area contributed by atoms with Gasteiger partial charge in [0.2, 0.25) is 11.8 Å². The van der Waals surface area contributed by atoms with Gasteiger partial charge in [-0.2, -0.15) is 4.98 Å². The number of aromatic nitrogens is 2. The van der Waals surface area contributed by atoms with Crippen molar-refractivity contribution >= 4 is 30.2 Å². The molecule has 1 aliphatic rings. The Hall–Kier alpha value is -2.37. The van der Waals surface area contributed by atoms with Gasteiger partial charge in [-0.3, -0.25) is 9.69 Å². The summed E-state index contributed by atoms with van der Waals surface area (Å²) in [4.78, 5) is 22.9. The number of anilines is 2. The molecule has 1 amide bonds. The number of fused-ring (bicyclic) bond motifs is 1. The SMILES string of the molecule is CBc1cc(C)c(N2C(=O)C(C)c3c(O)nc(C)nc32)c(C)c1. The fraction of sp³-hybridized carbons (Fsp3) is 0.353. The van der Waals surface area contributed by atoms with E-state index in [9.17, 15) is 9.90 Å². The van der Waals surface area contributed by atoms with E-state index in [-0.39, 0.29) is 11.8 Å². The van der Waals surface area contributed by atoms with E-state index in [0.717, 1.165) is 24.1 Å². The first kappa shape index (κ1) is 15.5. The lowest BCUT2D eigenvalue weighted by molar-refractivity contribution is -0.118. The summed E-state index contributed by atoms with van der Waals surface area (Å²) in [5.41, 5.74) is 4.68. The maximum absolute atomic E-state index is 12.8. The number of aryl methyl sites for hydroxylation is 3. The Kier molecular flexibility index (Phi) is 3.63. The lowest BCUT2D eigenvalue weighted by Gasteiger charge is -2.22. The Morgan fingerprint density at radius 3 is 2.35 bits per heavy atom. The number of nitrogens with zero attached hydrogens (tertiary/aromatic N) is 3. The molecule has 1 aromatic carbocycles. The molecule has 1 unspecified atom stereocenters. The van der Waals surface area contributed by atoms with Crippen LogP contribution in [-0.2, 0) is 4.79 Å². The molecule has 2 heterocycles. The van der Waals surface area contributed by atoms with Crippen molar-refractivity contribution in [3.05, 3.63) is 34.6 Å². The predicted octanol–water partition coefficient (Wildman–Crippen LogP) is 2.00. The Morgan fingerprint density at radius 1 is 1.17 bits per heavy atom. The number of hydrogen-bond acceptors (Lipinski definition) is 4. The number of aromatic hydroxyl groups is 1. The van der Waals surface area contributed by atoms with Crippen LogP contribution in [-0.4, -0.2) is 28.3 Å². The van der Waals surface area contributed by atoms with Gasteiger partial charge in [0.05, 0.1) is 17.2 Å². The van der Waals surface area contributed by atoms with Crippen molar-refractivity contribution in [3.8, 4) is 5.88 Å². The second-order valence-corrected chi connectivity index (χ2v) is 6.16. The van der Waals surface area contributed by atoms with Crippen molar-refractivity contribution in [1.29, 1.82) is 0 Å². The van der Waals surface area contributed by atoms with E-state index in [1.54, 1.807) is 18.7 Å². The molecule has 0 spiro atoms. The van der Waals surface area contributed by atoms with Crippen LogP contribution in [0.2, 0.25) is 6.82 Å². The third-order valence-electron chi connectivity index (χ3n) is 4.44. The molecule has 5 nitrogen and oxygen atoms in total. The highest BCUT2D eigenvalue weighted by molar-refractivity contribution is 6.52. The summed E-state index contributed by atoms with van der Waals surface area (Å²) >= 11 is 0. The normalized spacial score (nSPS) is 16.7. The van der Waals surface area contributed by atoms with Crippen molar-refractivity contribution in [2.24, 2.45) is 0 Å². The predicted molar refractivity (Wildman–Crippen MR) is 92.6 cm³/mol. The van der Waals surface area contributed by atoms with Crippen molar-refractivity contribution in [1.82, 2.24) is 9.97 Å². The maximum Gasteiger partial charge on any atom is 0.240 e. The fourth-order valence-electron chi connectivity index (χ4n) is 3.35. The molecule has 6 heteroatoms. The van der Waals surface area contributed by atoms with E-state index in [2.05, 4.69) is 28.9 Å². The third kappa shape index (κ3) is 2.29. The number of hydrogen-bond donors (Lipinski definition) is 1. The van der Waals surface area contributed by atoms with E-state index >= 15 is 0 Å². The molecule has 1 aliphatic heterocycles. The van der Waals surface area contributed by atoms with Gasteiger partial charge in [0.1, 0.15) is 5.82 Å². The Morgan fingerprint density at radius 2 is 1.78 bits per heavy atom. The molecule has 3 rings (SSSR count). The van der Waals surface area contributed by atoms with Gasteiger partial charge in [-0.1, -0.05) is 24.4 Å². The highest BCUT2D eigenvalue weighted by atomic mass is 16.3. The van der Waals surface area contributed by atoms with Gasteiger partial charge in [-0.05, 0) is 38.8 Å². The largest absolute Gasteiger partial charge is 0.493 e. The van der Waals surface area contributed by atoms with Gasteiger partial charge in [0.15, 0.2) is 13.1 Å². The molecule has 23 heavy (non-hydrogen) atoms. The molecule has 0 saturated heterocycles. The molecule has 1 N–H and O–H groups in total. The van der Waals surface area contributed by atoms with Crippen molar-refractivity contribution in [2.75, 3.05) is 4.90 Å². The molecular formula is C17H20BN3O2. The molecule has 118 valence electrons. The molecule has 0 fully saturated rings. The molecule has 1 aromatic heterocycles. The first-order valence-corrected chi connectivity index (χ1v) is 7.86. The molecular weight excluding hydrogens is 289 g/mol. The van der Waals surface area contributed by atoms with E-state index < -0.39 is 5.92 Å². The topological polar surface area (TPSA) is 66.3 Å². The van der Waals surface area contributed by atoms with Crippen molar-refractivity contribution < 1.29 is 9.90 Å². The Bertz CT molecular complexity index is 797. The van der Waals surface area contributed by atoms with Crippen molar-refractivity contribution in [3.63, 3.8) is 0 Å².